The molecule has 0 saturated carbocycles. The second-order valence-corrected chi connectivity index (χ2v) is 6.65. The Morgan fingerprint density at radius 2 is 1.83 bits per heavy atom. The van der Waals surface area contributed by atoms with E-state index >= 15 is 0 Å². The first-order valence-corrected chi connectivity index (χ1v) is 8.35. The lowest BCUT2D eigenvalue weighted by Gasteiger charge is -2.17. The van der Waals surface area contributed by atoms with E-state index in [1.807, 2.05) is 62.4 Å². The van der Waals surface area contributed by atoms with Crippen LogP contribution >= 0.6 is 11.8 Å². The van der Waals surface area contributed by atoms with Crippen molar-refractivity contribution in [1.82, 2.24) is 0 Å². The number of nitrogens with one attached hydrogen (secondary N) is 1. The zero-order valence-corrected chi connectivity index (χ0v) is 14.6. The first-order valence-electron chi connectivity index (χ1n) is 7.53. The van der Waals surface area contributed by atoms with Crippen LogP contribution in [0.15, 0.2) is 47.4 Å². The lowest BCUT2D eigenvalue weighted by Crippen LogP contribution is -2.28. The summed E-state index contributed by atoms with van der Waals surface area (Å²) in [5.41, 5.74) is 3.72. The molecule has 5 heteroatoms. The zero-order chi connectivity index (χ0) is 17.3. The van der Waals surface area contributed by atoms with Crippen LogP contribution in [0.2, 0.25) is 0 Å². The number of benzene rings is 2. The van der Waals surface area contributed by atoms with Gasteiger partial charge in [-0.05, 0) is 66.6 Å². The molecule has 1 saturated heterocycles. The predicted molar refractivity (Wildman–Crippen MR) is 99.7 cm³/mol. The number of thioether (sulfide) groups is 1. The van der Waals surface area contributed by atoms with Gasteiger partial charge in [-0.1, -0.05) is 24.3 Å². The number of anilines is 1. The van der Waals surface area contributed by atoms with E-state index in [-0.39, 0.29) is 11.1 Å². The van der Waals surface area contributed by atoms with Crippen molar-refractivity contribution in [3.8, 4) is 5.75 Å². The number of aryl methyl sites for hydroxylation is 2. The highest BCUT2D eigenvalue weighted by atomic mass is 32.2. The standard InChI is InChI=1S/C19H18N2O2S/c1-12-4-5-13(2)16(10-12)21-18(22)17(24-19(21)20)11-14-6-8-15(23-3)9-7-14/h4-11,20H,1-3H3/b17-11-,20-19?. The maximum Gasteiger partial charge on any atom is 0.271 e. The molecule has 122 valence electrons. The Balaban J connectivity index is 1.93. The van der Waals surface area contributed by atoms with Crippen LogP contribution in [0.1, 0.15) is 16.7 Å². The molecule has 0 bridgehead atoms. The lowest BCUT2D eigenvalue weighted by atomic mass is 10.1. The third kappa shape index (κ3) is 3.08. The van der Waals surface area contributed by atoms with E-state index < -0.39 is 0 Å². The van der Waals surface area contributed by atoms with Gasteiger partial charge in [0.25, 0.3) is 5.91 Å². The molecule has 1 fully saturated rings. The lowest BCUT2D eigenvalue weighted by molar-refractivity contribution is -0.113. The van der Waals surface area contributed by atoms with Crippen molar-refractivity contribution in [2.75, 3.05) is 12.0 Å². The minimum absolute atomic E-state index is 0.158. The highest BCUT2D eigenvalue weighted by molar-refractivity contribution is 8.19. The molecule has 0 radical (unpaired) electrons. The average Bonchev–Trinajstić information content (AvgIpc) is 2.84. The summed E-state index contributed by atoms with van der Waals surface area (Å²) in [5, 5.41) is 8.44. The number of methoxy groups -OCH3 is 1. The summed E-state index contributed by atoms with van der Waals surface area (Å²) in [6.45, 7) is 3.93. The van der Waals surface area contributed by atoms with E-state index in [9.17, 15) is 4.79 Å². The van der Waals surface area contributed by atoms with Gasteiger partial charge < -0.3 is 4.74 Å². The average molecular weight is 338 g/mol. The molecular weight excluding hydrogens is 320 g/mol. The van der Waals surface area contributed by atoms with Crippen molar-refractivity contribution < 1.29 is 9.53 Å². The molecule has 0 atom stereocenters. The van der Waals surface area contributed by atoms with Crippen molar-refractivity contribution in [1.29, 1.82) is 5.41 Å². The summed E-state index contributed by atoms with van der Waals surface area (Å²) < 4.78 is 5.14. The monoisotopic (exact) mass is 338 g/mol. The van der Waals surface area contributed by atoms with Crippen LogP contribution in [0.3, 0.4) is 0 Å². The van der Waals surface area contributed by atoms with Crippen molar-refractivity contribution in [2.24, 2.45) is 0 Å². The number of hydrogen-bond donors (Lipinski definition) is 1. The second-order valence-electron chi connectivity index (χ2n) is 5.62. The van der Waals surface area contributed by atoms with E-state index in [1.54, 1.807) is 7.11 Å². The van der Waals surface area contributed by atoms with Crippen LogP contribution in [0.4, 0.5) is 5.69 Å². The van der Waals surface area contributed by atoms with Gasteiger partial charge >= 0.3 is 0 Å². The molecule has 1 N–H and O–H groups in total. The van der Waals surface area contributed by atoms with Gasteiger partial charge in [0, 0.05) is 0 Å². The molecule has 0 unspecified atom stereocenters. The number of nitrogens with zero attached hydrogens (tertiary/aromatic N) is 1. The third-order valence-corrected chi connectivity index (χ3v) is 4.73. The minimum atomic E-state index is -0.158. The molecule has 1 aliphatic heterocycles. The Hall–Kier alpha value is -2.53. The molecule has 4 nitrogen and oxygen atoms in total. The fourth-order valence-corrected chi connectivity index (χ4v) is 3.37. The summed E-state index contributed by atoms with van der Waals surface area (Å²) in [6, 6.07) is 13.4. The summed E-state index contributed by atoms with van der Waals surface area (Å²) in [5.74, 6) is 0.613. The van der Waals surface area contributed by atoms with E-state index in [4.69, 9.17) is 10.1 Å². The van der Waals surface area contributed by atoms with Gasteiger partial charge in [-0.25, -0.2) is 0 Å². The molecule has 24 heavy (non-hydrogen) atoms. The highest BCUT2D eigenvalue weighted by Gasteiger charge is 2.34. The quantitative estimate of drug-likeness (QED) is 0.846. The number of amidine groups is 1. The normalized spacial score (nSPS) is 16.1. The number of carbonyl (C=O) groups is 1. The molecular formula is C19H18N2O2S. The molecule has 0 aromatic heterocycles. The molecule has 0 spiro atoms. The molecule has 2 aromatic rings. The van der Waals surface area contributed by atoms with Crippen molar-refractivity contribution in [2.45, 2.75) is 13.8 Å². The Kier molecular flexibility index (Phi) is 4.44. The largest absolute Gasteiger partial charge is 0.497 e. The van der Waals surface area contributed by atoms with Gasteiger partial charge in [0.15, 0.2) is 5.17 Å². The van der Waals surface area contributed by atoms with Crippen LogP contribution in [0, 0.1) is 19.3 Å². The van der Waals surface area contributed by atoms with E-state index in [1.165, 1.54) is 16.7 Å². The molecule has 1 aliphatic rings. The van der Waals surface area contributed by atoms with Gasteiger partial charge in [-0.15, -0.1) is 0 Å². The maximum absolute atomic E-state index is 12.8. The van der Waals surface area contributed by atoms with Crippen LogP contribution in [-0.2, 0) is 4.79 Å². The summed E-state index contributed by atoms with van der Waals surface area (Å²) in [4.78, 5) is 14.8. The topological polar surface area (TPSA) is 53.4 Å². The van der Waals surface area contributed by atoms with Crippen molar-refractivity contribution in [3.05, 3.63) is 64.1 Å². The number of rotatable bonds is 3. The maximum atomic E-state index is 12.8. The molecule has 0 aliphatic carbocycles. The van der Waals surface area contributed by atoms with Gasteiger partial charge in [-0.3, -0.25) is 15.1 Å². The molecule has 2 aromatic carbocycles. The number of amides is 1. The van der Waals surface area contributed by atoms with Crippen molar-refractivity contribution >= 4 is 34.6 Å². The van der Waals surface area contributed by atoms with Crippen LogP contribution in [0.5, 0.6) is 5.75 Å². The first-order chi connectivity index (χ1) is 11.5. The van der Waals surface area contributed by atoms with Crippen LogP contribution in [-0.4, -0.2) is 18.2 Å². The zero-order valence-electron chi connectivity index (χ0n) is 13.8. The van der Waals surface area contributed by atoms with Gasteiger partial charge in [0.1, 0.15) is 5.75 Å². The molecule has 1 amide bonds. The van der Waals surface area contributed by atoms with Gasteiger partial charge in [0.05, 0.1) is 17.7 Å². The predicted octanol–water partition coefficient (Wildman–Crippen LogP) is 4.37. The highest BCUT2D eigenvalue weighted by Crippen LogP contribution is 2.36. The smallest absolute Gasteiger partial charge is 0.271 e. The SMILES string of the molecule is COc1ccc(/C=C2\SC(=N)N(c3cc(C)ccc3C)C2=O)cc1. The summed E-state index contributed by atoms with van der Waals surface area (Å²) in [7, 11) is 1.62. The second kappa shape index (κ2) is 6.53. The first kappa shape index (κ1) is 16.3. The molecule has 3 rings (SSSR count). The number of ether oxygens (including phenoxy) is 1. The van der Waals surface area contributed by atoms with Gasteiger partial charge in [0.2, 0.25) is 0 Å². The van der Waals surface area contributed by atoms with Crippen molar-refractivity contribution in [3.63, 3.8) is 0 Å². The number of hydrogen-bond acceptors (Lipinski definition) is 4. The third-order valence-electron chi connectivity index (χ3n) is 3.84. The minimum Gasteiger partial charge on any atom is -0.497 e. The fraction of sp³-hybridized carbons (Fsp3) is 0.158. The van der Waals surface area contributed by atoms with Gasteiger partial charge in [-0.2, -0.15) is 0 Å². The Morgan fingerprint density at radius 1 is 1.12 bits per heavy atom. The van der Waals surface area contributed by atoms with E-state index in [0.29, 0.717) is 4.91 Å². The van der Waals surface area contributed by atoms with Crippen LogP contribution < -0.4 is 9.64 Å². The Labute approximate surface area is 145 Å². The molecule has 1 heterocycles. The summed E-state index contributed by atoms with van der Waals surface area (Å²) >= 11 is 1.19. The Bertz CT molecular complexity index is 841. The van der Waals surface area contributed by atoms with E-state index in [2.05, 4.69) is 0 Å². The van der Waals surface area contributed by atoms with Crippen LogP contribution in [0.25, 0.3) is 6.08 Å². The Morgan fingerprint density at radius 3 is 2.50 bits per heavy atom. The number of carbonyl (C=O) groups excluding carboxylic acids is 1. The van der Waals surface area contributed by atoms with E-state index in [0.717, 1.165) is 28.1 Å². The fourth-order valence-electron chi connectivity index (χ4n) is 2.52. The summed E-state index contributed by atoms with van der Waals surface area (Å²) in [6.07, 6.45) is 1.81.